The minimum Gasteiger partial charge on any atom is -0.235 e. The van der Waals surface area contributed by atoms with Crippen LogP contribution in [0, 0.1) is 0 Å². The third kappa shape index (κ3) is 5.41. The lowest BCUT2D eigenvalue weighted by Crippen LogP contribution is -2.30. The fraction of sp³-hybridized carbons (Fsp3) is 0.923. The highest BCUT2D eigenvalue weighted by molar-refractivity contribution is 5.46. The molecule has 0 amide bonds. The molecule has 0 radical (unpaired) electrons. The summed E-state index contributed by atoms with van der Waals surface area (Å²) in [4.78, 5) is 0. The Hall–Kier alpha value is -0.330. The second-order valence-corrected chi connectivity index (χ2v) is 4.50. The van der Waals surface area contributed by atoms with Crippen molar-refractivity contribution in [2.75, 3.05) is 0 Å². The third-order valence-corrected chi connectivity index (χ3v) is 2.88. The molecular formula is C13H28N+. The summed E-state index contributed by atoms with van der Waals surface area (Å²) in [7, 11) is 0. The number of hydrogen-bond donors (Lipinski definition) is 0. The zero-order valence-electron chi connectivity index (χ0n) is 10.7. The van der Waals surface area contributed by atoms with E-state index < -0.39 is 0 Å². The first-order chi connectivity index (χ1) is 6.63. The maximum absolute atomic E-state index is 2.46. The summed E-state index contributed by atoms with van der Waals surface area (Å²) >= 11 is 0. The van der Waals surface area contributed by atoms with Crippen LogP contribution in [0.5, 0.6) is 0 Å². The van der Waals surface area contributed by atoms with Gasteiger partial charge in [0.15, 0.2) is 0 Å². The Balaban J connectivity index is 3.76. The molecule has 0 fully saturated rings. The van der Waals surface area contributed by atoms with Crippen molar-refractivity contribution in [2.45, 2.75) is 78.8 Å². The van der Waals surface area contributed by atoms with E-state index in [-0.39, 0.29) is 0 Å². The summed E-state index contributed by atoms with van der Waals surface area (Å²) in [5.74, 6) is 0. The van der Waals surface area contributed by atoms with E-state index in [0.29, 0.717) is 12.1 Å². The molecule has 0 aromatic carbocycles. The summed E-state index contributed by atoms with van der Waals surface area (Å²) in [6.45, 7) is 11.3. The van der Waals surface area contributed by atoms with Gasteiger partial charge in [-0.3, -0.25) is 0 Å². The smallest absolute Gasteiger partial charge is 0.149 e. The lowest BCUT2D eigenvalue weighted by atomic mass is 10.1. The molecule has 0 saturated carbocycles. The molecule has 0 N–H and O–H groups in total. The summed E-state index contributed by atoms with van der Waals surface area (Å²) in [6.07, 6.45) is 9.08. The SMILES string of the molecule is CC=[N+](C(C)C)C(C)CCCCCC. The van der Waals surface area contributed by atoms with Crippen LogP contribution in [0.4, 0.5) is 0 Å². The van der Waals surface area contributed by atoms with Crippen LogP contribution in [0.2, 0.25) is 0 Å². The number of unbranched alkanes of at least 4 members (excludes halogenated alkanes) is 3. The average molecular weight is 198 g/mol. The van der Waals surface area contributed by atoms with Crippen molar-refractivity contribution in [3.63, 3.8) is 0 Å². The molecule has 0 spiro atoms. The second-order valence-electron chi connectivity index (χ2n) is 4.50. The van der Waals surface area contributed by atoms with Gasteiger partial charge < -0.3 is 0 Å². The molecule has 14 heavy (non-hydrogen) atoms. The van der Waals surface area contributed by atoms with Gasteiger partial charge in [-0.2, -0.15) is 0 Å². The summed E-state index contributed by atoms with van der Waals surface area (Å²) in [5, 5.41) is 0. The average Bonchev–Trinajstić information content (AvgIpc) is 2.13. The molecule has 1 unspecified atom stereocenters. The van der Waals surface area contributed by atoms with E-state index in [1.165, 1.54) is 32.1 Å². The normalized spacial score (nSPS) is 14.9. The Morgan fingerprint density at radius 2 is 1.71 bits per heavy atom. The van der Waals surface area contributed by atoms with Gasteiger partial charge in [0.2, 0.25) is 0 Å². The Bertz CT molecular complexity index is 159. The van der Waals surface area contributed by atoms with E-state index in [1.54, 1.807) is 0 Å². The lowest BCUT2D eigenvalue weighted by Gasteiger charge is -2.14. The van der Waals surface area contributed by atoms with Gasteiger partial charge in [-0.05, 0) is 27.2 Å². The van der Waals surface area contributed by atoms with Crippen LogP contribution in [0.1, 0.15) is 66.7 Å². The van der Waals surface area contributed by atoms with Crippen molar-refractivity contribution in [3.8, 4) is 0 Å². The van der Waals surface area contributed by atoms with Crippen molar-refractivity contribution in [1.82, 2.24) is 0 Å². The van der Waals surface area contributed by atoms with Crippen LogP contribution in [-0.4, -0.2) is 22.9 Å². The van der Waals surface area contributed by atoms with Gasteiger partial charge >= 0.3 is 0 Å². The van der Waals surface area contributed by atoms with Crippen LogP contribution in [0.3, 0.4) is 0 Å². The molecular weight excluding hydrogens is 170 g/mol. The summed E-state index contributed by atoms with van der Waals surface area (Å²) in [6, 6.07) is 1.35. The maximum atomic E-state index is 2.46. The van der Waals surface area contributed by atoms with Gasteiger partial charge in [-0.25, -0.2) is 4.58 Å². The predicted molar refractivity (Wildman–Crippen MR) is 65.4 cm³/mol. The molecule has 0 aliphatic rings. The topological polar surface area (TPSA) is 3.01 Å². The van der Waals surface area contributed by atoms with Crippen molar-refractivity contribution >= 4 is 6.21 Å². The molecule has 1 heteroatoms. The first kappa shape index (κ1) is 13.7. The lowest BCUT2D eigenvalue weighted by molar-refractivity contribution is -0.588. The zero-order valence-corrected chi connectivity index (χ0v) is 10.7. The summed E-state index contributed by atoms with van der Waals surface area (Å²) < 4.78 is 2.46. The largest absolute Gasteiger partial charge is 0.235 e. The second kappa shape index (κ2) is 8.02. The van der Waals surface area contributed by atoms with Crippen LogP contribution < -0.4 is 0 Å². The quantitative estimate of drug-likeness (QED) is 0.332. The van der Waals surface area contributed by atoms with Crippen LogP contribution in [0.15, 0.2) is 0 Å². The van der Waals surface area contributed by atoms with Gasteiger partial charge in [0, 0.05) is 13.3 Å². The highest BCUT2D eigenvalue weighted by Crippen LogP contribution is 2.09. The Morgan fingerprint density at radius 3 is 2.14 bits per heavy atom. The molecule has 0 heterocycles. The first-order valence-electron chi connectivity index (χ1n) is 6.20. The van der Waals surface area contributed by atoms with Crippen molar-refractivity contribution in [1.29, 1.82) is 0 Å². The van der Waals surface area contributed by atoms with E-state index >= 15 is 0 Å². The zero-order chi connectivity index (χ0) is 11.0. The van der Waals surface area contributed by atoms with E-state index in [4.69, 9.17) is 0 Å². The van der Waals surface area contributed by atoms with Crippen LogP contribution in [-0.2, 0) is 0 Å². The van der Waals surface area contributed by atoms with Gasteiger partial charge in [0.05, 0.1) is 0 Å². The molecule has 1 nitrogen and oxygen atoms in total. The van der Waals surface area contributed by atoms with E-state index in [2.05, 4.69) is 45.4 Å². The fourth-order valence-corrected chi connectivity index (χ4v) is 2.08. The highest BCUT2D eigenvalue weighted by atomic mass is 15.0. The molecule has 0 aliphatic heterocycles. The van der Waals surface area contributed by atoms with Crippen molar-refractivity contribution in [3.05, 3.63) is 0 Å². The first-order valence-corrected chi connectivity index (χ1v) is 6.20. The highest BCUT2D eigenvalue weighted by Gasteiger charge is 2.16. The van der Waals surface area contributed by atoms with E-state index in [1.807, 2.05) is 0 Å². The molecule has 0 aliphatic carbocycles. The van der Waals surface area contributed by atoms with Gasteiger partial charge in [0.1, 0.15) is 18.3 Å². The minimum absolute atomic E-state index is 0.640. The molecule has 0 saturated heterocycles. The van der Waals surface area contributed by atoms with Crippen LogP contribution >= 0.6 is 0 Å². The minimum atomic E-state index is 0.640. The molecule has 84 valence electrons. The molecule has 0 bridgehead atoms. The molecule has 0 rings (SSSR count). The Labute approximate surface area is 90.2 Å². The van der Waals surface area contributed by atoms with Gasteiger partial charge in [-0.1, -0.05) is 26.2 Å². The van der Waals surface area contributed by atoms with Gasteiger partial charge in [-0.15, -0.1) is 0 Å². The molecule has 0 aromatic heterocycles. The molecule has 1 atom stereocenters. The number of hydrogen-bond acceptors (Lipinski definition) is 0. The predicted octanol–water partition coefficient (Wildman–Crippen LogP) is 3.86. The molecule has 0 aromatic rings. The number of rotatable bonds is 7. The van der Waals surface area contributed by atoms with E-state index in [9.17, 15) is 0 Å². The van der Waals surface area contributed by atoms with Crippen molar-refractivity contribution in [2.24, 2.45) is 0 Å². The monoisotopic (exact) mass is 198 g/mol. The standard InChI is InChI=1S/C13H28N/c1-6-8-9-10-11-13(5)14(7-2)12(3)4/h7,12-13H,6,8-11H2,1-5H3/q+1. The Kier molecular flexibility index (Phi) is 7.83. The Morgan fingerprint density at radius 1 is 1.07 bits per heavy atom. The van der Waals surface area contributed by atoms with Crippen LogP contribution in [0.25, 0.3) is 0 Å². The fourth-order valence-electron chi connectivity index (χ4n) is 2.08. The number of nitrogens with zero attached hydrogens (tertiary/aromatic N) is 1. The van der Waals surface area contributed by atoms with Crippen molar-refractivity contribution < 1.29 is 4.58 Å². The third-order valence-electron chi connectivity index (χ3n) is 2.88. The maximum Gasteiger partial charge on any atom is 0.149 e. The summed E-state index contributed by atoms with van der Waals surface area (Å²) in [5.41, 5.74) is 0. The van der Waals surface area contributed by atoms with Gasteiger partial charge in [0.25, 0.3) is 0 Å². The van der Waals surface area contributed by atoms with E-state index in [0.717, 1.165) is 0 Å².